The van der Waals surface area contributed by atoms with E-state index in [2.05, 4.69) is 10.3 Å². The van der Waals surface area contributed by atoms with Gasteiger partial charge in [-0.05, 0) is 72.7 Å². The Balaban J connectivity index is 1.47. The number of carbonyl (C=O) groups excluding carboxylic acids is 1. The number of aryl methyl sites for hydroxylation is 1. The van der Waals surface area contributed by atoms with Crippen molar-refractivity contribution in [2.24, 2.45) is 0 Å². The van der Waals surface area contributed by atoms with E-state index in [4.69, 9.17) is 11.6 Å². The van der Waals surface area contributed by atoms with Gasteiger partial charge in [-0.15, -0.1) is 11.3 Å². The molecule has 3 nitrogen and oxygen atoms in total. The average molecular weight is 399 g/mol. The topological polar surface area (TPSA) is 44.9 Å². The minimum atomic E-state index is -0.237. The fourth-order valence-corrected chi connectivity index (χ4v) is 5.06. The number of carbonyl (C=O) groups is 1. The van der Waals surface area contributed by atoms with Crippen molar-refractivity contribution in [2.45, 2.75) is 25.3 Å². The molecule has 0 radical (unpaired) electrons. The third-order valence-corrected chi connectivity index (χ3v) is 6.53. The first-order valence-electron chi connectivity index (χ1n) is 8.88. The second kappa shape index (κ2) is 6.36. The minimum Gasteiger partial charge on any atom is -0.356 e. The molecule has 136 valence electrons. The first-order chi connectivity index (χ1) is 13.1. The molecule has 0 aliphatic heterocycles. The van der Waals surface area contributed by atoms with Crippen molar-refractivity contribution < 1.29 is 9.18 Å². The molecule has 5 rings (SSSR count). The number of H-pyrrole nitrogens is 1. The summed E-state index contributed by atoms with van der Waals surface area (Å²) in [6.45, 7) is 0. The maximum atomic E-state index is 13.7. The molecule has 2 aromatic carbocycles. The molecule has 2 aromatic heterocycles. The molecule has 1 unspecified atom stereocenters. The van der Waals surface area contributed by atoms with Gasteiger partial charge in [0.15, 0.2) is 0 Å². The van der Waals surface area contributed by atoms with Crippen molar-refractivity contribution in [3.63, 3.8) is 0 Å². The number of halogens is 2. The van der Waals surface area contributed by atoms with Gasteiger partial charge in [-0.3, -0.25) is 4.79 Å². The summed E-state index contributed by atoms with van der Waals surface area (Å²) in [5, 5.41) is 5.71. The number of amides is 1. The highest BCUT2D eigenvalue weighted by atomic mass is 35.5. The van der Waals surface area contributed by atoms with Gasteiger partial charge in [0.1, 0.15) is 5.82 Å². The summed E-state index contributed by atoms with van der Waals surface area (Å²) in [6.07, 6.45) is 2.72. The van der Waals surface area contributed by atoms with Crippen LogP contribution in [-0.2, 0) is 6.42 Å². The van der Waals surface area contributed by atoms with Gasteiger partial charge in [-0.25, -0.2) is 4.39 Å². The number of fused-ring (bicyclic) bond motifs is 4. The molecule has 0 bridgehead atoms. The van der Waals surface area contributed by atoms with Crippen LogP contribution in [0.5, 0.6) is 0 Å². The van der Waals surface area contributed by atoms with Crippen LogP contribution >= 0.6 is 22.9 Å². The summed E-state index contributed by atoms with van der Waals surface area (Å²) < 4.78 is 14.7. The molecule has 1 aliphatic carbocycles. The highest BCUT2D eigenvalue weighted by Crippen LogP contribution is 2.36. The third-order valence-electron chi connectivity index (χ3n) is 5.18. The van der Waals surface area contributed by atoms with E-state index in [1.54, 1.807) is 12.1 Å². The van der Waals surface area contributed by atoms with Gasteiger partial charge in [-0.1, -0.05) is 11.6 Å². The van der Waals surface area contributed by atoms with Crippen molar-refractivity contribution in [1.82, 2.24) is 10.3 Å². The summed E-state index contributed by atoms with van der Waals surface area (Å²) in [7, 11) is 0. The van der Waals surface area contributed by atoms with Crippen molar-refractivity contribution in [1.29, 1.82) is 0 Å². The summed E-state index contributed by atoms with van der Waals surface area (Å²) in [5.74, 6) is -0.325. The first kappa shape index (κ1) is 16.8. The first-order valence-corrected chi connectivity index (χ1v) is 10.1. The molecule has 27 heavy (non-hydrogen) atoms. The summed E-state index contributed by atoms with van der Waals surface area (Å²) in [4.78, 5) is 16.9. The van der Waals surface area contributed by atoms with E-state index in [1.165, 1.54) is 17.4 Å². The summed E-state index contributed by atoms with van der Waals surface area (Å²) in [6, 6.07) is 12.2. The standard InChI is InChI=1S/C21H16ClFN2OS/c22-12-4-7-18-11(8-12)9-19(27-18)21(26)25-17-3-1-2-14-15-10-13(23)5-6-16(15)24-20(14)17/h4-10,17,24H,1-3H2,(H,25,26). The molecule has 1 aliphatic rings. The fraction of sp³-hybridized carbons (Fsp3) is 0.190. The van der Waals surface area contributed by atoms with Crippen LogP contribution in [0.15, 0.2) is 42.5 Å². The molecule has 1 atom stereocenters. The van der Waals surface area contributed by atoms with Gasteiger partial charge in [0, 0.05) is 26.3 Å². The van der Waals surface area contributed by atoms with E-state index in [1.807, 2.05) is 24.3 Å². The van der Waals surface area contributed by atoms with E-state index in [9.17, 15) is 9.18 Å². The molecule has 2 N–H and O–H groups in total. The van der Waals surface area contributed by atoms with E-state index < -0.39 is 0 Å². The lowest BCUT2D eigenvalue weighted by molar-refractivity contribution is 0.0936. The second-order valence-electron chi connectivity index (χ2n) is 6.92. The molecular formula is C21H16ClFN2OS. The summed E-state index contributed by atoms with van der Waals surface area (Å²) in [5.41, 5.74) is 3.03. The van der Waals surface area contributed by atoms with Gasteiger partial charge >= 0.3 is 0 Å². The number of hydrogen-bond donors (Lipinski definition) is 2. The minimum absolute atomic E-state index is 0.0880. The van der Waals surface area contributed by atoms with Gasteiger partial charge in [-0.2, -0.15) is 0 Å². The Morgan fingerprint density at radius 2 is 2.11 bits per heavy atom. The second-order valence-corrected chi connectivity index (χ2v) is 8.44. The zero-order valence-corrected chi connectivity index (χ0v) is 15.9. The van der Waals surface area contributed by atoms with Crippen LogP contribution in [0.25, 0.3) is 21.0 Å². The Bertz CT molecular complexity index is 1200. The van der Waals surface area contributed by atoms with Crippen LogP contribution < -0.4 is 5.32 Å². The molecule has 2 heterocycles. The maximum Gasteiger partial charge on any atom is 0.261 e. The van der Waals surface area contributed by atoms with Crippen molar-refractivity contribution in [3.05, 3.63) is 69.4 Å². The van der Waals surface area contributed by atoms with E-state index >= 15 is 0 Å². The lowest BCUT2D eigenvalue weighted by atomic mass is 9.91. The molecule has 1 amide bonds. The van der Waals surface area contributed by atoms with E-state index in [-0.39, 0.29) is 17.8 Å². The van der Waals surface area contributed by atoms with Crippen LogP contribution in [-0.4, -0.2) is 10.9 Å². The van der Waals surface area contributed by atoms with E-state index in [0.29, 0.717) is 9.90 Å². The fourth-order valence-electron chi connectivity index (χ4n) is 3.93. The molecule has 0 saturated carbocycles. The number of nitrogens with one attached hydrogen (secondary N) is 2. The van der Waals surface area contributed by atoms with Crippen molar-refractivity contribution >= 4 is 49.8 Å². The van der Waals surface area contributed by atoms with Crippen LogP contribution in [0.3, 0.4) is 0 Å². The predicted octanol–water partition coefficient (Wildman–Crippen LogP) is 5.98. The van der Waals surface area contributed by atoms with Crippen LogP contribution in [0.2, 0.25) is 5.02 Å². The largest absolute Gasteiger partial charge is 0.356 e. The lowest BCUT2D eigenvalue weighted by Gasteiger charge is -2.23. The molecule has 0 spiro atoms. The Morgan fingerprint density at radius 1 is 1.22 bits per heavy atom. The van der Waals surface area contributed by atoms with Crippen molar-refractivity contribution in [2.75, 3.05) is 0 Å². The Labute approximate surface area is 164 Å². The zero-order valence-electron chi connectivity index (χ0n) is 14.3. The average Bonchev–Trinajstić information content (AvgIpc) is 3.23. The Kier molecular flexibility index (Phi) is 3.95. The zero-order chi connectivity index (χ0) is 18.5. The molecule has 6 heteroatoms. The Hall–Kier alpha value is -2.37. The van der Waals surface area contributed by atoms with Crippen LogP contribution in [0.1, 0.15) is 39.8 Å². The van der Waals surface area contributed by atoms with Crippen molar-refractivity contribution in [3.8, 4) is 0 Å². The highest BCUT2D eigenvalue weighted by Gasteiger charge is 2.26. The van der Waals surface area contributed by atoms with Gasteiger partial charge in [0.05, 0.1) is 10.9 Å². The molecule has 0 fully saturated rings. The van der Waals surface area contributed by atoms with Gasteiger partial charge in [0.25, 0.3) is 5.91 Å². The number of aromatic nitrogens is 1. The summed E-state index contributed by atoms with van der Waals surface area (Å²) >= 11 is 7.50. The quantitative estimate of drug-likeness (QED) is 0.428. The smallest absolute Gasteiger partial charge is 0.261 e. The number of rotatable bonds is 2. The number of thiophene rings is 1. The molecule has 0 saturated heterocycles. The monoisotopic (exact) mass is 398 g/mol. The highest BCUT2D eigenvalue weighted by molar-refractivity contribution is 7.20. The number of hydrogen-bond acceptors (Lipinski definition) is 2. The normalized spacial score (nSPS) is 16.6. The van der Waals surface area contributed by atoms with Crippen LogP contribution in [0, 0.1) is 5.82 Å². The third kappa shape index (κ3) is 2.91. The molecular weight excluding hydrogens is 383 g/mol. The Morgan fingerprint density at radius 3 is 3.00 bits per heavy atom. The SMILES string of the molecule is O=C(NC1CCCc2c1[nH]c1ccc(F)cc21)c1cc2cc(Cl)ccc2s1. The predicted molar refractivity (Wildman–Crippen MR) is 108 cm³/mol. The van der Waals surface area contributed by atoms with Crippen LogP contribution in [0.4, 0.5) is 4.39 Å². The molecule has 4 aromatic rings. The van der Waals surface area contributed by atoms with Gasteiger partial charge in [0.2, 0.25) is 0 Å². The van der Waals surface area contributed by atoms with Gasteiger partial charge < -0.3 is 10.3 Å². The number of aromatic amines is 1. The number of benzene rings is 2. The maximum absolute atomic E-state index is 13.7. The van der Waals surface area contributed by atoms with E-state index in [0.717, 1.165) is 51.5 Å². The lowest BCUT2D eigenvalue weighted by Crippen LogP contribution is -2.30.